The Hall–Kier alpha value is -0.611. The molecule has 2 aromatic rings. The van der Waals surface area contributed by atoms with Crippen molar-refractivity contribution in [3.8, 4) is 0 Å². The van der Waals surface area contributed by atoms with Crippen LogP contribution in [0, 0.1) is 0 Å². The first-order valence-electron chi connectivity index (χ1n) is 5.90. The van der Waals surface area contributed by atoms with Crippen molar-refractivity contribution < 1.29 is 3.07 Å². The summed E-state index contributed by atoms with van der Waals surface area (Å²) in [5, 5.41) is 2.46. The van der Waals surface area contributed by atoms with Gasteiger partial charge in [0, 0.05) is 0 Å². The van der Waals surface area contributed by atoms with Crippen molar-refractivity contribution in [3.63, 3.8) is 0 Å². The van der Waals surface area contributed by atoms with Gasteiger partial charge in [-0.25, -0.2) is 0 Å². The van der Waals surface area contributed by atoms with Gasteiger partial charge in [-0.05, 0) is 0 Å². The summed E-state index contributed by atoms with van der Waals surface area (Å²) in [4.78, 5) is 4.61. The Morgan fingerprint density at radius 3 is 2.35 bits per heavy atom. The number of hydrogen-bond donors (Lipinski definition) is 0. The van der Waals surface area contributed by atoms with Crippen LogP contribution in [0.2, 0.25) is 3.43 Å². The molecular weight excluding hydrogens is 317 g/mol. The van der Waals surface area contributed by atoms with Gasteiger partial charge in [-0.3, -0.25) is 0 Å². The SMILES string of the molecule is C[O][SnH]([c]1cc2ccccc2cn1)[C](C)(C)C. The Bertz CT molecular complexity index is 519. The average molecular weight is 336 g/mol. The van der Waals surface area contributed by atoms with E-state index in [0.29, 0.717) is 0 Å². The summed E-state index contributed by atoms with van der Waals surface area (Å²) in [6, 6.07) is 10.6. The van der Waals surface area contributed by atoms with Crippen molar-refractivity contribution in [1.29, 1.82) is 0 Å². The molecule has 0 aliphatic rings. The van der Waals surface area contributed by atoms with Crippen molar-refractivity contribution >= 4 is 34.7 Å². The molecule has 1 aromatic carbocycles. The molecule has 1 aromatic heterocycles. The fraction of sp³-hybridized carbons (Fsp3) is 0.357. The standard InChI is InChI=1S/C9H6N.C4H9.CH3O.Sn.H/c1-2-4-9-7-10-6-5-8(9)3-1;1-4(2)3;1-2;;/h1-5,7H;1-3H3;1H3;;/q;;-1;+1;. The first-order valence-corrected chi connectivity index (χ1v) is 10.5. The summed E-state index contributed by atoms with van der Waals surface area (Å²) in [5.74, 6) is 0. The molecule has 2 rings (SSSR count). The molecule has 17 heavy (non-hydrogen) atoms. The second kappa shape index (κ2) is 4.94. The van der Waals surface area contributed by atoms with Crippen molar-refractivity contribution in [2.75, 3.05) is 7.11 Å². The van der Waals surface area contributed by atoms with Crippen LogP contribution in [0.15, 0.2) is 36.5 Å². The third kappa shape index (κ3) is 2.80. The summed E-state index contributed by atoms with van der Waals surface area (Å²) >= 11 is -2.25. The van der Waals surface area contributed by atoms with Gasteiger partial charge in [-0.2, -0.15) is 0 Å². The van der Waals surface area contributed by atoms with E-state index >= 15 is 0 Å². The van der Waals surface area contributed by atoms with Gasteiger partial charge in [-0.1, -0.05) is 0 Å². The van der Waals surface area contributed by atoms with E-state index in [0.717, 1.165) is 0 Å². The molecule has 1 atom stereocenters. The molecule has 3 heteroatoms. The molecule has 0 saturated heterocycles. The van der Waals surface area contributed by atoms with Crippen LogP contribution in [0.4, 0.5) is 0 Å². The molecule has 1 heterocycles. The number of rotatable bonds is 2. The minimum absolute atomic E-state index is 0.256. The summed E-state index contributed by atoms with van der Waals surface area (Å²) in [6.45, 7) is 6.77. The van der Waals surface area contributed by atoms with E-state index in [1.54, 1.807) is 0 Å². The third-order valence-corrected chi connectivity index (χ3v) is 11.2. The summed E-state index contributed by atoms with van der Waals surface area (Å²) in [5.41, 5.74) is 0. The molecule has 0 aliphatic heterocycles. The molecule has 0 fully saturated rings. The molecule has 0 bridgehead atoms. The first kappa shape index (κ1) is 12.8. The second-order valence-corrected chi connectivity index (χ2v) is 15.6. The maximum absolute atomic E-state index is 5.80. The molecule has 0 radical (unpaired) electrons. The number of fused-ring (bicyclic) bond motifs is 1. The van der Waals surface area contributed by atoms with Gasteiger partial charge in [0.2, 0.25) is 0 Å². The zero-order valence-corrected chi connectivity index (χ0v) is 14.2. The Balaban J connectivity index is 2.48. The topological polar surface area (TPSA) is 22.1 Å². The van der Waals surface area contributed by atoms with Gasteiger partial charge in [-0.15, -0.1) is 0 Å². The monoisotopic (exact) mass is 337 g/mol. The van der Waals surface area contributed by atoms with Gasteiger partial charge in [0.1, 0.15) is 0 Å². The van der Waals surface area contributed by atoms with Crippen molar-refractivity contribution in [3.05, 3.63) is 36.5 Å². The van der Waals surface area contributed by atoms with Crippen LogP contribution in [0.3, 0.4) is 0 Å². The number of benzene rings is 1. The molecule has 0 aliphatic carbocycles. The van der Waals surface area contributed by atoms with Crippen LogP contribution < -0.4 is 3.71 Å². The van der Waals surface area contributed by atoms with E-state index in [9.17, 15) is 0 Å². The zero-order chi connectivity index (χ0) is 12.5. The van der Waals surface area contributed by atoms with Gasteiger partial charge >= 0.3 is 111 Å². The number of hydrogen-bond acceptors (Lipinski definition) is 2. The van der Waals surface area contributed by atoms with Crippen molar-refractivity contribution in [1.82, 2.24) is 4.98 Å². The number of pyridine rings is 1. The molecule has 0 amide bonds. The van der Waals surface area contributed by atoms with E-state index in [1.807, 2.05) is 19.4 Å². The summed E-state index contributed by atoms with van der Waals surface area (Å²) < 4.78 is 7.26. The normalized spacial score (nSPS) is 13.9. The van der Waals surface area contributed by atoms with E-state index in [4.69, 9.17) is 3.07 Å². The van der Waals surface area contributed by atoms with Gasteiger partial charge in [0.25, 0.3) is 0 Å². The van der Waals surface area contributed by atoms with Crippen LogP contribution in [-0.2, 0) is 3.07 Å². The molecular formula is C14H19NOSn. The fourth-order valence-corrected chi connectivity index (χ4v) is 8.95. The molecule has 0 saturated carbocycles. The fourth-order valence-electron chi connectivity index (χ4n) is 2.16. The van der Waals surface area contributed by atoms with Crippen LogP contribution in [0.5, 0.6) is 0 Å². The average Bonchev–Trinajstić information content (AvgIpc) is 2.28. The van der Waals surface area contributed by atoms with Gasteiger partial charge in [0.15, 0.2) is 0 Å². The van der Waals surface area contributed by atoms with Crippen LogP contribution in [0.25, 0.3) is 10.8 Å². The quantitative estimate of drug-likeness (QED) is 0.787. The van der Waals surface area contributed by atoms with Crippen molar-refractivity contribution in [2.45, 2.75) is 24.2 Å². The first-order chi connectivity index (χ1) is 8.02. The van der Waals surface area contributed by atoms with Crippen molar-refractivity contribution in [2.24, 2.45) is 0 Å². The summed E-state index contributed by atoms with van der Waals surface area (Å²) in [6.07, 6.45) is 1.97. The van der Waals surface area contributed by atoms with E-state index in [1.165, 1.54) is 14.5 Å². The maximum atomic E-state index is 5.80. The summed E-state index contributed by atoms with van der Waals surface area (Å²) in [7, 11) is 1.84. The Labute approximate surface area is 110 Å². The molecule has 2 nitrogen and oxygen atoms in total. The van der Waals surface area contributed by atoms with Gasteiger partial charge < -0.3 is 0 Å². The molecule has 1 unspecified atom stereocenters. The zero-order valence-electron chi connectivity index (χ0n) is 10.9. The molecule has 0 spiro atoms. The Morgan fingerprint density at radius 2 is 1.76 bits per heavy atom. The van der Waals surface area contributed by atoms with E-state index in [-0.39, 0.29) is 3.43 Å². The van der Waals surface area contributed by atoms with Gasteiger partial charge in [0.05, 0.1) is 0 Å². The third-order valence-electron chi connectivity index (χ3n) is 2.94. The molecule has 0 N–H and O–H groups in total. The number of aromatic nitrogens is 1. The Morgan fingerprint density at radius 1 is 1.12 bits per heavy atom. The Kier molecular flexibility index (Phi) is 3.73. The molecule has 90 valence electrons. The van der Waals surface area contributed by atoms with Crippen LogP contribution in [0.1, 0.15) is 20.8 Å². The predicted molar refractivity (Wildman–Crippen MR) is 75.3 cm³/mol. The van der Waals surface area contributed by atoms with E-state index < -0.39 is 20.2 Å². The minimum atomic E-state index is -2.25. The second-order valence-electron chi connectivity index (χ2n) is 5.44. The predicted octanol–water partition coefficient (Wildman–Crippen LogP) is 2.61. The van der Waals surface area contributed by atoms with E-state index in [2.05, 4.69) is 50.0 Å². The number of nitrogens with zero attached hydrogens (tertiary/aromatic N) is 1. The van der Waals surface area contributed by atoms with Crippen LogP contribution >= 0.6 is 0 Å². The van der Waals surface area contributed by atoms with Crippen LogP contribution in [-0.4, -0.2) is 32.3 Å².